The molecule has 0 heterocycles. The molecule has 0 saturated heterocycles. The summed E-state index contributed by atoms with van der Waals surface area (Å²) >= 11 is 0. The number of hydrogen-bond donors (Lipinski definition) is 1. The third kappa shape index (κ3) is 4.75. The van der Waals surface area contributed by atoms with Crippen molar-refractivity contribution in [1.82, 2.24) is 0 Å². The Morgan fingerprint density at radius 2 is 1.81 bits per heavy atom. The molecule has 1 aliphatic carbocycles. The molecule has 0 radical (unpaired) electrons. The van der Waals surface area contributed by atoms with E-state index in [-0.39, 0.29) is 5.41 Å². The molecule has 0 bridgehead atoms. The monoisotopic (exact) mass is 288 g/mol. The first-order valence-electron chi connectivity index (χ1n) is 7.70. The smallest absolute Gasteiger partial charge is 0.119 e. The topological polar surface area (TPSA) is 29.5 Å². The lowest BCUT2D eigenvalue weighted by molar-refractivity contribution is 0.354. The largest absolute Gasteiger partial charge is 0.497 e. The zero-order valence-electron chi connectivity index (χ0n) is 13.5. The van der Waals surface area contributed by atoms with Crippen LogP contribution in [0, 0.1) is 0 Å². The second-order valence-corrected chi connectivity index (χ2v) is 5.33. The van der Waals surface area contributed by atoms with Gasteiger partial charge in [-0.15, -0.1) is 0 Å². The van der Waals surface area contributed by atoms with Gasteiger partial charge < -0.3 is 9.84 Å². The molecule has 2 nitrogen and oxygen atoms in total. The van der Waals surface area contributed by atoms with Crippen molar-refractivity contribution < 1.29 is 9.84 Å². The van der Waals surface area contributed by atoms with Crippen LogP contribution in [0.1, 0.15) is 44.6 Å². The Labute approximate surface area is 129 Å². The van der Waals surface area contributed by atoms with Crippen LogP contribution in [0.2, 0.25) is 0 Å². The highest BCUT2D eigenvalue weighted by Gasteiger charge is 2.31. The molecule has 1 N–H and O–H groups in total. The van der Waals surface area contributed by atoms with Gasteiger partial charge in [0, 0.05) is 12.5 Å². The molecule has 1 aliphatic rings. The van der Waals surface area contributed by atoms with Crippen molar-refractivity contribution >= 4 is 0 Å². The second-order valence-electron chi connectivity index (χ2n) is 5.33. The van der Waals surface area contributed by atoms with E-state index in [1.807, 2.05) is 6.07 Å². The van der Waals surface area contributed by atoms with Gasteiger partial charge in [-0.05, 0) is 37.5 Å². The molecule has 1 aromatic rings. The molecule has 21 heavy (non-hydrogen) atoms. The van der Waals surface area contributed by atoms with Crippen molar-refractivity contribution in [2.45, 2.75) is 44.4 Å². The summed E-state index contributed by atoms with van der Waals surface area (Å²) in [5, 5.41) is 7.00. The minimum absolute atomic E-state index is 0.201. The van der Waals surface area contributed by atoms with E-state index in [1.165, 1.54) is 37.7 Å². The van der Waals surface area contributed by atoms with Gasteiger partial charge >= 0.3 is 0 Å². The summed E-state index contributed by atoms with van der Waals surface area (Å²) in [4.78, 5) is 0. The Kier molecular flexibility index (Phi) is 7.84. The van der Waals surface area contributed by atoms with Gasteiger partial charge in [0.2, 0.25) is 0 Å². The minimum atomic E-state index is 0.201. The molecule has 0 atom stereocenters. The van der Waals surface area contributed by atoms with Crippen LogP contribution in [0.5, 0.6) is 5.75 Å². The summed E-state index contributed by atoms with van der Waals surface area (Å²) in [6, 6.07) is 8.57. The Morgan fingerprint density at radius 1 is 1.10 bits per heavy atom. The predicted octanol–water partition coefficient (Wildman–Crippen LogP) is 4.64. The average Bonchev–Trinajstić information content (AvgIpc) is 2.58. The van der Waals surface area contributed by atoms with E-state index in [4.69, 9.17) is 9.84 Å². The number of aliphatic hydroxyl groups is 1. The van der Waals surface area contributed by atoms with Crippen molar-refractivity contribution in [3.05, 3.63) is 54.1 Å². The van der Waals surface area contributed by atoms with E-state index in [0.717, 1.165) is 12.9 Å². The van der Waals surface area contributed by atoms with Crippen LogP contribution >= 0.6 is 0 Å². The Hall–Kier alpha value is -1.54. The van der Waals surface area contributed by atoms with Gasteiger partial charge in [0.25, 0.3) is 0 Å². The predicted molar refractivity (Wildman–Crippen MR) is 89.9 cm³/mol. The molecule has 116 valence electrons. The molecule has 1 saturated carbocycles. The summed E-state index contributed by atoms with van der Waals surface area (Å²) < 4.78 is 5.38. The molecule has 0 spiro atoms. The number of rotatable bonds is 4. The van der Waals surface area contributed by atoms with Gasteiger partial charge in [-0.25, -0.2) is 0 Å². The van der Waals surface area contributed by atoms with E-state index < -0.39 is 0 Å². The summed E-state index contributed by atoms with van der Waals surface area (Å²) in [7, 11) is 2.74. The fraction of sp³-hybridized carbons (Fsp3) is 0.474. The summed E-state index contributed by atoms with van der Waals surface area (Å²) in [6.07, 6.45) is 15.3. The van der Waals surface area contributed by atoms with E-state index in [0.29, 0.717) is 0 Å². The molecule has 0 unspecified atom stereocenters. The second kappa shape index (κ2) is 9.41. The fourth-order valence-corrected chi connectivity index (χ4v) is 3.02. The number of aliphatic hydroxyl groups excluding tert-OH is 1. The van der Waals surface area contributed by atoms with Crippen molar-refractivity contribution in [2.24, 2.45) is 0 Å². The van der Waals surface area contributed by atoms with E-state index in [1.54, 1.807) is 7.11 Å². The third-order valence-corrected chi connectivity index (χ3v) is 4.11. The number of hydrogen-bond acceptors (Lipinski definition) is 2. The summed E-state index contributed by atoms with van der Waals surface area (Å²) in [5.41, 5.74) is 1.60. The Bertz CT molecular complexity index is 454. The van der Waals surface area contributed by atoms with E-state index >= 15 is 0 Å². The van der Waals surface area contributed by atoms with Crippen LogP contribution in [-0.2, 0) is 5.41 Å². The van der Waals surface area contributed by atoms with Crippen LogP contribution in [0.4, 0.5) is 0 Å². The quantitative estimate of drug-likeness (QED) is 0.818. The SMILES string of the molecule is C/C=C\C=C\C1(c2cccc(OC)c2)CCCCC1.CO. The number of benzene rings is 1. The first kappa shape index (κ1) is 17.5. The van der Waals surface area contributed by atoms with Crippen LogP contribution in [-0.4, -0.2) is 19.3 Å². The van der Waals surface area contributed by atoms with Crippen LogP contribution < -0.4 is 4.74 Å². The molecule has 1 fully saturated rings. The standard InChI is InChI=1S/C18H24O.CH4O/c1-3-4-6-12-18(13-7-5-8-14-18)16-10-9-11-17(15-16)19-2;1-2/h3-4,6,9-12,15H,5,7-8,13-14H2,1-2H3;2H,1H3/b4-3-,12-6+;. The summed E-state index contributed by atoms with van der Waals surface area (Å²) in [5.74, 6) is 0.960. The molecule has 0 aromatic heterocycles. The first-order chi connectivity index (χ1) is 10.3. The molecule has 0 amide bonds. The highest BCUT2D eigenvalue weighted by atomic mass is 16.5. The lowest BCUT2D eigenvalue weighted by Gasteiger charge is -2.35. The molecule has 0 aliphatic heterocycles. The van der Waals surface area contributed by atoms with Crippen LogP contribution in [0.25, 0.3) is 0 Å². The van der Waals surface area contributed by atoms with Gasteiger partial charge in [-0.3, -0.25) is 0 Å². The summed E-state index contributed by atoms with van der Waals surface area (Å²) in [6.45, 7) is 2.06. The zero-order valence-corrected chi connectivity index (χ0v) is 13.5. The van der Waals surface area contributed by atoms with Gasteiger partial charge in [0.1, 0.15) is 5.75 Å². The average molecular weight is 288 g/mol. The number of allylic oxidation sites excluding steroid dienone is 4. The minimum Gasteiger partial charge on any atom is -0.497 e. The maximum atomic E-state index is 7.00. The lowest BCUT2D eigenvalue weighted by Crippen LogP contribution is -2.26. The lowest BCUT2D eigenvalue weighted by atomic mass is 9.69. The van der Waals surface area contributed by atoms with Crippen molar-refractivity contribution in [2.75, 3.05) is 14.2 Å². The highest BCUT2D eigenvalue weighted by Crippen LogP contribution is 2.41. The van der Waals surface area contributed by atoms with Crippen LogP contribution in [0.15, 0.2) is 48.6 Å². The van der Waals surface area contributed by atoms with E-state index in [2.05, 4.69) is 49.4 Å². The number of methoxy groups -OCH3 is 1. The molecule has 1 aromatic carbocycles. The van der Waals surface area contributed by atoms with Crippen molar-refractivity contribution in [3.63, 3.8) is 0 Å². The van der Waals surface area contributed by atoms with E-state index in [9.17, 15) is 0 Å². The molecular formula is C19H28O2. The molecule has 2 heteroatoms. The maximum absolute atomic E-state index is 7.00. The molecular weight excluding hydrogens is 260 g/mol. The fourth-order valence-electron chi connectivity index (χ4n) is 3.02. The van der Waals surface area contributed by atoms with Gasteiger partial charge in [-0.1, -0.05) is 55.7 Å². The molecule has 2 rings (SSSR count). The first-order valence-corrected chi connectivity index (χ1v) is 7.70. The van der Waals surface area contributed by atoms with Gasteiger partial charge in [0.05, 0.1) is 7.11 Å². The Morgan fingerprint density at radius 3 is 2.43 bits per heavy atom. The zero-order chi connectivity index (χ0) is 15.6. The van der Waals surface area contributed by atoms with Crippen molar-refractivity contribution in [3.8, 4) is 5.75 Å². The maximum Gasteiger partial charge on any atom is 0.119 e. The van der Waals surface area contributed by atoms with Gasteiger partial charge in [0.15, 0.2) is 0 Å². The Balaban J connectivity index is 0.00000106. The third-order valence-electron chi connectivity index (χ3n) is 4.11. The number of ether oxygens (including phenoxy) is 1. The van der Waals surface area contributed by atoms with Crippen LogP contribution in [0.3, 0.4) is 0 Å². The normalized spacial score (nSPS) is 17.5. The van der Waals surface area contributed by atoms with Gasteiger partial charge in [-0.2, -0.15) is 0 Å². The van der Waals surface area contributed by atoms with Crippen molar-refractivity contribution in [1.29, 1.82) is 0 Å². The highest BCUT2D eigenvalue weighted by molar-refractivity contribution is 5.38.